The summed E-state index contributed by atoms with van der Waals surface area (Å²) in [5.74, 6) is 0. The molecule has 0 amide bonds. The predicted molar refractivity (Wildman–Crippen MR) is 132 cm³/mol. The molecule has 4 nitrogen and oxygen atoms in total. The van der Waals surface area contributed by atoms with Crippen LogP contribution in [0.15, 0.2) is 66.7 Å². The summed E-state index contributed by atoms with van der Waals surface area (Å²) in [4.78, 5) is 0. The third-order valence-corrected chi connectivity index (χ3v) is 6.86. The number of rotatable bonds is 7. The summed E-state index contributed by atoms with van der Waals surface area (Å²) in [7, 11) is 0. The van der Waals surface area contributed by atoms with E-state index in [1.165, 1.54) is 0 Å². The van der Waals surface area contributed by atoms with Crippen LogP contribution >= 0.6 is 34.8 Å². The van der Waals surface area contributed by atoms with E-state index >= 15 is 0 Å². The third-order valence-electron chi connectivity index (χ3n) is 5.87. The second-order valence-electron chi connectivity index (χ2n) is 8.00. The lowest BCUT2D eigenvalue weighted by molar-refractivity contribution is -0.176. The molecule has 2 atom stereocenters. The first kappa shape index (κ1) is 24.0. The number of nitrogens with zero attached hydrogens (tertiary/aromatic N) is 1. The number of hydrogen-bond acceptors (Lipinski definition) is 4. The molecule has 1 saturated heterocycles. The Morgan fingerprint density at radius 3 is 2.33 bits per heavy atom. The van der Waals surface area contributed by atoms with E-state index in [-0.39, 0.29) is 6.10 Å². The van der Waals surface area contributed by atoms with Gasteiger partial charge in [0.25, 0.3) is 0 Å². The summed E-state index contributed by atoms with van der Waals surface area (Å²) >= 11 is 18.4. The van der Waals surface area contributed by atoms with E-state index in [1.807, 2.05) is 48.5 Å². The molecule has 1 aliphatic rings. The highest BCUT2D eigenvalue weighted by atomic mass is 35.5. The molecule has 0 spiro atoms. The standard InChI is InChI=1S/C26H23Cl3N2O2/c27-22-8-6-21(7-9-22)26(33-17-19-3-1-18(14-30)2-4-19)11-12-31-15-25(26)32-16-20-5-10-23(28)24(29)13-20/h1-10,13,25,31H,11-12,15-17H2. The topological polar surface area (TPSA) is 54.3 Å². The van der Waals surface area contributed by atoms with Gasteiger partial charge in [-0.05, 0) is 66.1 Å². The van der Waals surface area contributed by atoms with Crippen LogP contribution in [0.25, 0.3) is 0 Å². The Hall–Kier alpha value is -2.10. The second kappa shape index (κ2) is 10.9. The van der Waals surface area contributed by atoms with Crippen molar-refractivity contribution in [3.8, 4) is 6.07 Å². The van der Waals surface area contributed by atoms with Crippen molar-refractivity contribution in [3.63, 3.8) is 0 Å². The maximum atomic E-state index is 9.06. The fourth-order valence-corrected chi connectivity index (χ4v) is 4.50. The largest absolute Gasteiger partial charge is 0.369 e. The molecule has 3 aromatic carbocycles. The molecule has 0 aromatic heterocycles. The van der Waals surface area contributed by atoms with Crippen molar-refractivity contribution in [1.29, 1.82) is 5.26 Å². The molecule has 1 fully saturated rings. The van der Waals surface area contributed by atoms with Gasteiger partial charge in [0.15, 0.2) is 0 Å². The van der Waals surface area contributed by atoms with Crippen molar-refractivity contribution in [3.05, 3.63) is 104 Å². The minimum atomic E-state index is -0.667. The molecular formula is C26H23Cl3N2O2. The highest BCUT2D eigenvalue weighted by Gasteiger charge is 2.44. The van der Waals surface area contributed by atoms with E-state index in [4.69, 9.17) is 49.5 Å². The summed E-state index contributed by atoms with van der Waals surface area (Å²) in [5.41, 5.74) is 2.90. The molecule has 7 heteroatoms. The lowest BCUT2D eigenvalue weighted by Gasteiger charge is -2.44. The average Bonchev–Trinajstić information content (AvgIpc) is 2.85. The van der Waals surface area contributed by atoms with Gasteiger partial charge in [-0.1, -0.05) is 65.1 Å². The number of hydrogen-bond donors (Lipinski definition) is 1. The molecule has 4 rings (SSSR count). The Labute approximate surface area is 209 Å². The first-order valence-electron chi connectivity index (χ1n) is 10.7. The van der Waals surface area contributed by atoms with Gasteiger partial charge in [0.1, 0.15) is 11.7 Å². The summed E-state index contributed by atoms with van der Waals surface area (Å²) in [6.45, 7) is 2.19. The molecule has 2 unspecified atom stereocenters. The SMILES string of the molecule is N#Cc1ccc(COC2(c3ccc(Cl)cc3)CCNCC2OCc2ccc(Cl)c(Cl)c2)cc1. The molecule has 170 valence electrons. The Morgan fingerprint density at radius 2 is 1.64 bits per heavy atom. The quantitative estimate of drug-likeness (QED) is 0.401. The van der Waals surface area contributed by atoms with Gasteiger partial charge in [-0.25, -0.2) is 0 Å². The lowest BCUT2D eigenvalue weighted by Crippen LogP contribution is -2.54. The fraction of sp³-hybridized carbons (Fsp3) is 0.269. The van der Waals surface area contributed by atoms with E-state index in [0.717, 1.165) is 29.7 Å². The molecule has 0 radical (unpaired) electrons. The van der Waals surface area contributed by atoms with Crippen molar-refractivity contribution in [2.24, 2.45) is 0 Å². The minimum Gasteiger partial charge on any atom is -0.369 e. The molecular weight excluding hydrogens is 479 g/mol. The van der Waals surface area contributed by atoms with Crippen molar-refractivity contribution in [2.45, 2.75) is 31.3 Å². The van der Waals surface area contributed by atoms with Gasteiger partial charge in [-0.15, -0.1) is 0 Å². The highest BCUT2D eigenvalue weighted by Crippen LogP contribution is 2.39. The first-order chi connectivity index (χ1) is 16.0. The van der Waals surface area contributed by atoms with Crippen LogP contribution in [0.3, 0.4) is 0 Å². The van der Waals surface area contributed by atoms with E-state index < -0.39 is 5.60 Å². The van der Waals surface area contributed by atoms with Crippen LogP contribution in [0.5, 0.6) is 0 Å². The number of halogens is 3. The van der Waals surface area contributed by atoms with Gasteiger partial charge < -0.3 is 14.8 Å². The smallest absolute Gasteiger partial charge is 0.122 e. The van der Waals surface area contributed by atoms with Crippen LogP contribution in [0.2, 0.25) is 15.1 Å². The summed E-state index contributed by atoms with van der Waals surface area (Å²) in [5, 5.41) is 14.2. The van der Waals surface area contributed by atoms with Gasteiger partial charge in [0.2, 0.25) is 0 Å². The van der Waals surface area contributed by atoms with E-state index in [1.54, 1.807) is 18.2 Å². The summed E-state index contributed by atoms with van der Waals surface area (Å²) < 4.78 is 13.1. The second-order valence-corrected chi connectivity index (χ2v) is 9.25. The first-order valence-corrected chi connectivity index (χ1v) is 11.8. The summed E-state index contributed by atoms with van der Waals surface area (Å²) in [6, 6.07) is 22.8. The zero-order chi connectivity index (χ0) is 23.3. The van der Waals surface area contributed by atoms with Crippen molar-refractivity contribution in [1.82, 2.24) is 5.32 Å². The zero-order valence-corrected chi connectivity index (χ0v) is 20.1. The molecule has 1 N–H and O–H groups in total. The monoisotopic (exact) mass is 500 g/mol. The molecule has 33 heavy (non-hydrogen) atoms. The molecule has 3 aromatic rings. The Bertz CT molecular complexity index is 1130. The zero-order valence-electron chi connectivity index (χ0n) is 17.9. The molecule has 0 aliphatic carbocycles. The van der Waals surface area contributed by atoms with Crippen LogP contribution in [0, 0.1) is 11.3 Å². The molecule has 0 bridgehead atoms. The van der Waals surface area contributed by atoms with Crippen LogP contribution in [-0.4, -0.2) is 19.2 Å². The highest BCUT2D eigenvalue weighted by molar-refractivity contribution is 6.42. The molecule has 1 heterocycles. The maximum absolute atomic E-state index is 9.06. The summed E-state index contributed by atoms with van der Waals surface area (Å²) in [6.07, 6.45) is 0.483. The van der Waals surface area contributed by atoms with Crippen LogP contribution in [0.1, 0.15) is 28.7 Å². The Morgan fingerprint density at radius 1 is 0.909 bits per heavy atom. The van der Waals surface area contributed by atoms with Gasteiger partial charge in [-0.2, -0.15) is 5.26 Å². The number of nitriles is 1. The molecule has 0 saturated carbocycles. The normalized spacial score (nSPS) is 20.4. The van der Waals surface area contributed by atoms with Crippen molar-refractivity contribution < 1.29 is 9.47 Å². The number of ether oxygens (including phenoxy) is 2. The van der Waals surface area contributed by atoms with Gasteiger partial charge >= 0.3 is 0 Å². The Balaban J connectivity index is 1.60. The average molecular weight is 502 g/mol. The van der Waals surface area contributed by atoms with Crippen LogP contribution in [0.4, 0.5) is 0 Å². The predicted octanol–water partition coefficient (Wildman–Crippen LogP) is 6.51. The van der Waals surface area contributed by atoms with E-state index in [2.05, 4.69) is 11.4 Å². The Kier molecular flexibility index (Phi) is 7.93. The fourth-order valence-electron chi connectivity index (χ4n) is 4.05. The number of benzene rings is 3. The van der Waals surface area contributed by atoms with Gasteiger partial charge in [-0.3, -0.25) is 0 Å². The van der Waals surface area contributed by atoms with Crippen LogP contribution < -0.4 is 5.32 Å². The number of piperidine rings is 1. The van der Waals surface area contributed by atoms with E-state index in [0.29, 0.717) is 40.4 Å². The van der Waals surface area contributed by atoms with Crippen molar-refractivity contribution >= 4 is 34.8 Å². The van der Waals surface area contributed by atoms with Crippen LogP contribution in [-0.2, 0) is 28.3 Å². The molecule has 1 aliphatic heterocycles. The van der Waals surface area contributed by atoms with Crippen molar-refractivity contribution in [2.75, 3.05) is 13.1 Å². The number of nitrogens with one attached hydrogen (secondary N) is 1. The third kappa shape index (κ3) is 5.70. The minimum absolute atomic E-state index is 0.250. The van der Waals surface area contributed by atoms with Gasteiger partial charge in [0.05, 0.1) is 34.9 Å². The lowest BCUT2D eigenvalue weighted by atomic mass is 9.82. The van der Waals surface area contributed by atoms with E-state index in [9.17, 15) is 0 Å². The maximum Gasteiger partial charge on any atom is 0.122 e. The van der Waals surface area contributed by atoms with Gasteiger partial charge in [0, 0.05) is 11.6 Å².